The van der Waals surface area contributed by atoms with E-state index in [4.69, 9.17) is 115 Å². The van der Waals surface area contributed by atoms with E-state index in [0.717, 1.165) is 83.1 Å². The topological polar surface area (TPSA) is 360 Å². The van der Waals surface area contributed by atoms with Crippen LogP contribution in [0.3, 0.4) is 0 Å². The zero-order valence-corrected chi connectivity index (χ0v) is 78.7. The van der Waals surface area contributed by atoms with Gasteiger partial charge in [0.1, 0.15) is 52.1 Å². The van der Waals surface area contributed by atoms with Crippen molar-refractivity contribution in [2.45, 2.75) is 48.1 Å². The number of rotatable bonds is 24. The molecule has 3 aliphatic rings. The second-order valence-electron chi connectivity index (χ2n) is 27.1. The van der Waals surface area contributed by atoms with Crippen molar-refractivity contribution in [3.8, 4) is 0 Å². The molecule has 2 amide bonds. The molecule has 0 aliphatic carbocycles. The standard InChI is InChI=1S/C24H21Cl2F3N4O5S.C22H17Cl2F3N4O4S.C14H10BrCl2F3N2O3S.C12H17N3O3.C8H9ClN2O2.2CH4/c1-37-14-33(39(35,36)17-2-3-19(26)18(12-17)24(27,28)29)20-11-16(25)13-31-22(20)23(34)15-4-5-30-21(10-15)32-6-8-38-9-7-32;23-14-10-18(30-36(33,34)15-1-2-17(24)16(11-15)22(25,26)27)20(29-12-14)21(32)13-3-4-28-19(9-13)31-5-7-35-8-6-31;1-25-7-22(12-4-8(16)6-21-13(12)15)26(23,24)9-2-3-11(17)10(5-9)14(18,19)20;1-14(17-2)12(16)10-3-4-13-11(9-10)15-5-7-18-8-6-15;1-11(13-2)8(12)6-3-4-10-7(9)5-6;;/h2-5,10-13H,6-9,14H2,1H3;1-4,9-12,30H,5-8H2;2-6H,7H2,1H3;3-4,9H,5-8H2,1-2H3;3-5H,1-2H3;2*1H4. The van der Waals surface area contributed by atoms with Gasteiger partial charge in [0.25, 0.3) is 41.9 Å². The van der Waals surface area contributed by atoms with Crippen molar-refractivity contribution in [3.05, 3.63) is 255 Å². The van der Waals surface area contributed by atoms with E-state index in [1.807, 2.05) is 9.80 Å². The average molecular weight is 2140 g/mol. The molecule has 724 valence electrons. The normalized spacial score (nSPS) is 13.5. The number of carbonyl (C=O) groups is 4. The minimum atomic E-state index is -4.91. The molecule has 3 saturated heterocycles. The number of halogens is 17. The van der Waals surface area contributed by atoms with Gasteiger partial charge in [-0.2, -0.15) is 39.5 Å². The van der Waals surface area contributed by atoms with Gasteiger partial charge in [-0.15, -0.1) is 0 Å². The van der Waals surface area contributed by atoms with Crippen LogP contribution in [0.15, 0.2) is 184 Å². The monoisotopic (exact) mass is 2140 g/mol. The van der Waals surface area contributed by atoms with Gasteiger partial charge in [0.2, 0.25) is 11.6 Å². The molecular formula is C82H82BrCl7F9N15O17S3. The van der Waals surface area contributed by atoms with Gasteiger partial charge in [-0.05, 0) is 137 Å². The highest BCUT2D eigenvalue weighted by Gasteiger charge is 2.40. The number of morpholine rings is 3. The zero-order valence-electron chi connectivity index (χ0n) is 69.3. The van der Waals surface area contributed by atoms with Crippen LogP contribution in [0.25, 0.3) is 0 Å². The highest BCUT2D eigenvalue weighted by molar-refractivity contribution is 9.10. The number of hydroxylamine groups is 4. The van der Waals surface area contributed by atoms with Gasteiger partial charge in [0, 0.05) is 133 Å². The molecular weight excluding hydrogens is 2060 g/mol. The molecule has 1 N–H and O–H groups in total. The molecule has 0 spiro atoms. The van der Waals surface area contributed by atoms with Gasteiger partial charge in [0.15, 0.2) is 0 Å². The Labute approximate surface area is 807 Å². The Hall–Kier alpha value is -9.76. The second-order valence-corrected chi connectivity index (χ2v) is 36.2. The Morgan fingerprint density at radius 3 is 1.14 bits per heavy atom. The molecule has 52 heteroatoms. The van der Waals surface area contributed by atoms with Crippen molar-refractivity contribution in [1.29, 1.82) is 0 Å². The van der Waals surface area contributed by atoms with Crippen molar-refractivity contribution in [1.82, 2.24) is 45.0 Å². The first-order chi connectivity index (χ1) is 62.2. The first-order valence-corrected chi connectivity index (χ1v) is 45.5. The molecule has 13 rings (SSSR count). The van der Waals surface area contributed by atoms with E-state index in [2.05, 4.69) is 60.4 Å². The number of carbonyl (C=O) groups excluding carboxylic acids is 4. The third-order valence-electron chi connectivity index (χ3n) is 18.5. The second kappa shape index (κ2) is 49.3. The summed E-state index contributed by atoms with van der Waals surface area (Å²) in [7, 11) is -5.35. The number of amides is 2. The van der Waals surface area contributed by atoms with Gasteiger partial charge in [-0.3, -0.25) is 33.6 Å². The smallest absolute Gasteiger partial charge is 0.378 e. The van der Waals surface area contributed by atoms with Gasteiger partial charge >= 0.3 is 18.5 Å². The van der Waals surface area contributed by atoms with E-state index in [-0.39, 0.29) is 91.1 Å². The Bertz CT molecular complexity index is 6160. The number of nitrogens with one attached hydrogen (secondary N) is 1. The zero-order chi connectivity index (χ0) is 97.0. The lowest BCUT2D eigenvalue weighted by Crippen LogP contribution is -2.37. The summed E-state index contributed by atoms with van der Waals surface area (Å²) < 4.78 is 228. The first kappa shape index (κ1) is 111. The van der Waals surface area contributed by atoms with Gasteiger partial charge in [0.05, 0.1) is 132 Å². The summed E-state index contributed by atoms with van der Waals surface area (Å²) in [6.45, 7) is 6.12. The lowest BCUT2D eigenvalue weighted by atomic mass is 10.1. The Morgan fingerprint density at radius 1 is 0.425 bits per heavy atom. The number of methoxy groups -OCH3 is 2. The van der Waals surface area contributed by atoms with Crippen molar-refractivity contribution in [2.24, 2.45) is 0 Å². The maximum absolute atomic E-state index is 13.6. The molecule has 0 unspecified atom stereocenters. The van der Waals surface area contributed by atoms with Crippen LogP contribution < -0.4 is 28.0 Å². The van der Waals surface area contributed by atoms with Gasteiger partial charge in [-0.25, -0.2) is 78.9 Å². The first-order valence-electron chi connectivity index (χ1n) is 37.7. The maximum Gasteiger partial charge on any atom is 0.417 e. The molecule has 134 heavy (non-hydrogen) atoms. The van der Waals surface area contributed by atoms with Crippen LogP contribution in [0.4, 0.5) is 74.0 Å². The fraction of sp³-hybridized carbons (Fsp3) is 0.305. The number of anilines is 6. The third-order valence-corrected chi connectivity index (χ3v) is 25.8. The molecule has 32 nitrogen and oxygen atoms in total. The quantitative estimate of drug-likeness (QED) is 0.0193. The summed E-state index contributed by atoms with van der Waals surface area (Å²) in [5.41, 5.74) is -3.78. The Balaban J connectivity index is 0.000000238. The molecule has 10 aromatic rings. The van der Waals surface area contributed by atoms with E-state index in [1.54, 1.807) is 31.4 Å². The summed E-state index contributed by atoms with van der Waals surface area (Å²) in [6.07, 6.45) is -5.03. The highest BCUT2D eigenvalue weighted by atomic mass is 79.9. The number of ketones is 2. The molecule has 3 aromatic carbocycles. The SMILES string of the molecule is C.C.COCN(c1cc(Cl)cnc1Br)S(=O)(=O)c1ccc(Cl)c(C(F)(F)F)c1.COCN(c1cc(Cl)cnc1C(=O)c1ccnc(N2CCOCC2)c1)S(=O)(=O)c1ccc(Cl)c(C(F)(F)F)c1.CON(C)C(=O)c1ccnc(Cl)c1.CON(C)C(=O)c1ccnc(N2CCOCC2)c1.O=C(c1ccnc(N2CCOCC2)c1)c1ncc(Cl)cc1NS(=O)(=O)c1ccc(Cl)c(C(F)(F)F)c1. The number of alkyl halides is 9. The number of pyridine rings is 7. The minimum Gasteiger partial charge on any atom is -0.378 e. The van der Waals surface area contributed by atoms with E-state index in [0.29, 0.717) is 111 Å². The molecule has 0 atom stereocenters. The van der Waals surface area contributed by atoms with E-state index < -0.39 is 120 Å². The van der Waals surface area contributed by atoms with E-state index in [9.17, 15) is 83.9 Å². The lowest BCUT2D eigenvalue weighted by Gasteiger charge is -2.28. The van der Waals surface area contributed by atoms with Crippen molar-refractivity contribution < 1.29 is 117 Å². The third kappa shape index (κ3) is 29.4. The predicted octanol–water partition coefficient (Wildman–Crippen LogP) is 17.5. The Morgan fingerprint density at radius 2 is 0.754 bits per heavy atom. The molecule has 0 radical (unpaired) electrons. The molecule has 0 bridgehead atoms. The molecule has 3 fully saturated rings. The fourth-order valence-corrected chi connectivity index (χ4v) is 17.6. The molecule has 0 saturated carbocycles. The summed E-state index contributed by atoms with van der Waals surface area (Å²) in [5.74, 6) is 0.0909. The van der Waals surface area contributed by atoms with Crippen molar-refractivity contribution in [2.75, 3.05) is 163 Å². The fourth-order valence-electron chi connectivity index (χ4n) is 11.9. The summed E-state index contributed by atoms with van der Waals surface area (Å²) in [5, 5.41) is 0.768. The summed E-state index contributed by atoms with van der Waals surface area (Å²) in [6, 6.07) is 22.7. The predicted molar refractivity (Wildman–Crippen MR) is 488 cm³/mol. The number of benzene rings is 3. The van der Waals surface area contributed by atoms with E-state index in [1.165, 1.54) is 108 Å². The van der Waals surface area contributed by atoms with Crippen LogP contribution in [-0.2, 0) is 82.0 Å². The largest absolute Gasteiger partial charge is 0.417 e. The average Bonchev–Trinajstić information content (AvgIpc) is 0.751. The number of ether oxygens (including phenoxy) is 5. The molecule has 7 aromatic heterocycles. The summed E-state index contributed by atoms with van der Waals surface area (Å²) in [4.78, 5) is 92.4. The lowest BCUT2D eigenvalue weighted by molar-refractivity contribution is -0.138. The van der Waals surface area contributed by atoms with Crippen molar-refractivity contribution >= 4 is 185 Å². The highest BCUT2D eigenvalue weighted by Crippen LogP contribution is 2.42. The molecule has 3 aliphatic heterocycles. The maximum atomic E-state index is 13.6. The summed E-state index contributed by atoms with van der Waals surface area (Å²) >= 11 is 43.4. The van der Waals surface area contributed by atoms with Crippen LogP contribution in [0.2, 0.25) is 35.3 Å². The van der Waals surface area contributed by atoms with Crippen LogP contribution in [0, 0.1) is 0 Å². The van der Waals surface area contributed by atoms with Gasteiger partial charge < -0.3 is 38.4 Å². The van der Waals surface area contributed by atoms with Gasteiger partial charge in [-0.1, -0.05) is 96.1 Å². The Kier molecular flexibility index (Phi) is 40.9. The molecule has 10 heterocycles. The van der Waals surface area contributed by atoms with Crippen LogP contribution >= 0.6 is 97.1 Å². The van der Waals surface area contributed by atoms with Crippen molar-refractivity contribution in [3.63, 3.8) is 0 Å². The number of hydrogen-bond acceptors (Lipinski definition) is 27. The number of sulfonamides is 3. The minimum absolute atomic E-state index is 0. The van der Waals surface area contributed by atoms with Crippen LogP contribution in [0.5, 0.6) is 0 Å². The number of nitrogens with zero attached hydrogens (tertiary/aromatic N) is 14. The van der Waals surface area contributed by atoms with E-state index >= 15 is 0 Å². The van der Waals surface area contributed by atoms with Crippen LogP contribution in [0.1, 0.15) is 84.4 Å². The number of aromatic nitrogens is 7. The number of hydrogen-bond donors (Lipinski definition) is 1. The van der Waals surface area contributed by atoms with Crippen LogP contribution in [-0.4, -0.2) is 229 Å².